The lowest BCUT2D eigenvalue weighted by Gasteiger charge is -2.29. The van der Waals surface area contributed by atoms with E-state index in [0.717, 1.165) is 32.0 Å². The zero-order valence-corrected chi connectivity index (χ0v) is 8.93. The third kappa shape index (κ3) is 2.49. The fourth-order valence-corrected chi connectivity index (χ4v) is 2.03. The zero-order chi connectivity index (χ0) is 11.6. The summed E-state index contributed by atoms with van der Waals surface area (Å²) in [7, 11) is 0. The molecule has 0 spiro atoms. The lowest BCUT2D eigenvalue weighted by Crippen LogP contribution is -2.29. The van der Waals surface area contributed by atoms with E-state index < -0.39 is 11.7 Å². The summed E-state index contributed by atoms with van der Waals surface area (Å²) in [5.74, 6) is 0. The molecule has 0 saturated carbocycles. The summed E-state index contributed by atoms with van der Waals surface area (Å²) in [6.45, 7) is 1.72. The van der Waals surface area contributed by atoms with Gasteiger partial charge in [-0.15, -0.1) is 0 Å². The SMILES string of the molecule is FC(F)(F)c1cccc(N2CCCCC2)c1. The standard InChI is InChI=1S/C12H14F3N/c13-12(14,15)10-5-4-6-11(9-10)16-7-2-1-3-8-16/h4-6,9H,1-3,7-8H2. The van der Waals surface area contributed by atoms with Crippen molar-refractivity contribution in [1.29, 1.82) is 0 Å². The molecule has 2 rings (SSSR count). The van der Waals surface area contributed by atoms with E-state index in [4.69, 9.17) is 0 Å². The number of benzene rings is 1. The minimum atomic E-state index is -4.24. The van der Waals surface area contributed by atoms with Crippen LogP contribution >= 0.6 is 0 Å². The number of piperidine rings is 1. The molecule has 0 aromatic heterocycles. The average molecular weight is 229 g/mol. The van der Waals surface area contributed by atoms with E-state index in [0.29, 0.717) is 5.69 Å². The van der Waals surface area contributed by atoms with Gasteiger partial charge in [-0.3, -0.25) is 0 Å². The Hall–Kier alpha value is -1.19. The zero-order valence-electron chi connectivity index (χ0n) is 8.93. The lowest BCUT2D eigenvalue weighted by molar-refractivity contribution is -0.137. The fourth-order valence-electron chi connectivity index (χ4n) is 2.03. The first kappa shape index (κ1) is 11.3. The fraction of sp³-hybridized carbons (Fsp3) is 0.500. The molecular weight excluding hydrogens is 215 g/mol. The van der Waals surface area contributed by atoms with E-state index in [-0.39, 0.29) is 0 Å². The number of rotatable bonds is 1. The first-order valence-electron chi connectivity index (χ1n) is 5.49. The molecule has 1 aliphatic rings. The maximum atomic E-state index is 12.5. The minimum absolute atomic E-state index is 0.560. The highest BCUT2D eigenvalue weighted by molar-refractivity contribution is 5.49. The van der Waals surface area contributed by atoms with Crippen LogP contribution in [0.25, 0.3) is 0 Å². The number of alkyl halides is 3. The van der Waals surface area contributed by atoms with Gasteiger partial charge in [0.1, 0.15) is 0 Å². The number of hydrogen-bond donors (Lipinski definition) is 0. The predicted molar refractivity (Wildman–Crippen MR) is 57.5 cm³/mol. The quantitative estimate of drug-likeness (QED) is 0.709. The van der Waals surface area contributed by atoms with Gasteiger partial charge in [0, 0.05) is 18.8 Å². The molecule has 0 N–H and O–H groups in total. The largest absolute Gasteiger partial charge is 0.416 e. The summed E-state index contributed by atoms with van der Waals surface area (Å²) >= 11 is 0. The van der Waals surface area contributed by atoms with Gasteiger partial charge in [0.05, 0.1) is 5.56 Å². The molecule has 0 bridgehead atoms. The Morgan fingerprint density at radius 3 is 2.31 bits per heavy atom. The van der Waals surface area contributed by atoms with Crippen molar-refractivity contribution in [2.45, 2.75) is 25.4 Å². The maximum Gasteiger partial charge on any atom is 0.416 e. The van der Waals surface area contributed by atoms with Crippen LogP contribution in [0.1, 0.15) is 24.8 Å². The Morgan fingerprint density at radius 2 is 1.69 bits per heavy atom. The van der Waals surface area contributed by atoms with E-state index >= 15 is 0 Å². The van der Waals surface area contributed by atoms with Gasteiger partial charge in [-0.1, -0.05) is 6.07 Å². The second-order valence-electron chi connectivity index (χ2n) is 4.10. The van der Waals surface area contributed by atoms with Crippen LogP contribution in [0.15, 0.2) is 24.3 Å². The van der Waals surface area contributed by atoms with Gasteiger partial charge in [0.15, 0.2) is 0 Å². The molecule has 1 fully saturated rings. The van der Waals surface area contributed by atoms with E-state index in [2.05, 4.69) is 0 Å². The smallest absolute Gasteiger partial charge is 0.372 e. The third-order valence-corrected chi connectivity index (χ3v) is 2.89. The van der Waals surface area contributed by atoms with Crippen LogP contribution in [0.3, 0.4) is 0 Å². The Labute approximate surface area is 92.9 Å². The summed E-state index contributed by atoms with van der Waals surface area (Å²) in [5, 5.41) is 0. The van der Waals surface area contributed by atoms with Crippen LogP contribution in [0.2, 0.25) is 0 Å². The second kappa shape index (κ2) is 4.36. The highest BCUT2D eigenvalue weighted by Crippen LogP contribution is 2.32. The third-order valence-electron chi connectivity index (χ3n) is 2.89. The van der Waals surface area contributed by atoms with Crippen molar-refractivity contribution < 1.29 is 13.2 Å². The molecule has 1 aromatic rings. The second-order valence-corrected chi connectivity index (χ2v) is 4.10. The maximum absolute atomic E-state index is 12.5. The van der Waals surface area contributed by atoms with Crippen LogP contribution in [0.4, 0.5) is 18.9 Å². The average Bonchev–Trinajstić information content (AvgIpc) is 2.29. The number of anilines is 1. The highest BCUT2D eigenvalue weighted by Gasteiger charge is 2.30. The van der Waals surface area contributed by atoms with Gasteiger partial charge in [-0.05, 0) is 37.5 Å². The predicted octanol–water partition coefficient (Wildman–Crippen LogP) is 3.70. The molecule has 1 saturated heterocycles. The molecule has 1 aromatic carbocycles. The number of hydrogen-bond acceptors (Lipinski definition) is 1. The molecule has 4 heteroatoms. The molecule has 0 aliphatic carbocycles. The first-order valence-corrected chi connectivity index (χ1v) is 5.49. The van der Waals surface area contributed by atoms with Crippen LogP contribution in [-0.2, 0) is 6.18 Å². The number of halogens is 3. The van der Waals surface area contributed by atoms with Crippen molar-refractivity contribution in [2.75, 3.05) is 18.0 Å². The first-order chi connectivity index (χ1) is 7.57. The number of nitrogens with zero attached hydrogens (tertiary/aromatic N) is 1. The van der Waals surface area contributed by atoms with E-state index in [9.17, 15) is 13.2 Å². The van der Waals surface area contributed by atoms with Gasteiger partial charge in [0.25, 0.3) is 0 Å². The van der Waals surface area contributed by atoms with Gasteiger partial charge >= 0.3 is 6.18 Å². The van der Waals surface area contributed by atoms with Crippen LogP contribution in [-0.4, -0.2) is 13.1 Å². The summed E-state index contributed by atoms with van der Waals surface area (Å²) in [5.41, 5.74) is 0.130. The molecular formula is C12H14F3N. The van der Waals surface area contributed by atoms with Crippen molar-refractivity contribution in [2.24, 2.45) is 0 Å². The summed E-state index contributed by atoms with van der Waals surface area (Å²) in [6, 6.07) is 5.59. The van der Waals surface area contributed by atoms with Gasteiger partial charge in [-0.25, -0.2) is 0 Å². The van der Waals surface area contributed by atoms with E-state index in [1.165, 1.54) is 18.6 Å². The molecule has 1 heterocycles. The van der Waals surface area contributed by atoms with Crippen LogP contribution < -0.4 is 4.90 Å². The van der Waals surface area contributed by atoms with Gasteiger partial charge in [-0.2, -0.15) is 13.2 Å². The van der Waals surface area contributed by atoms with Crippen molar-refractivity contribution in [3.63, 3.8) is 0 Å². The molecule has 88 valence electrons. The van der Waals surface area contributed by atoms with Gasteiger partial charge in [0.2, 0.25) is 0 Å². The molecule has 0 amide bonds. The summed E-state index contributed by atoms with van der Waals surface area (Å²) in [6.07, 6.45) is -0.937. The normalized spacial score (nSPS) is 17.6. The summed E-state index contributed by atoms with van der Waals surface area (Å²) < 4.78 is 37.5. The van der Waals surface area contributed by atoms with Crippen molar-refractivity contribution in [1.82, 2.24) is 0 Å². The van der Waals surface area contributed by atoms with Crippen LogP contribution in [0, 0.1) is 0 Å². The van der Waals surface area contributed by atoms with E-state index in [1.54, 1.807) is 6.07 Å². The Bertz CT molecular complexity index is 354. The van der Waals surface area contributed by atoms with Crippen molar-refractivity contribution in [3.8, 4) is 0 Å². The molecule has 16 heavy (non-hydrogen) atoms. The lowest BCUT2D eigenvalue weighted by atomic mass is 10.1. The van der Waals surface area contributed by atoms with Crippen LogP contribution in [0.5, 0.6) is 0 Å². The Morgan fingerprint density at radius 1 is 1.00 bits per heavy atom. The topological polar surface area (TPSA) is 3.24 Å². The molecule has 1 nitrogen and oxygen atoms in total. The summed E-state index contributed by atoms with van der Waals surface area (Å²) in [4.78, 5) is 2.03. The Kier molecular flexibility index (Phi) is 3.08. The molecule has 0 radical (unpaired) electrons. The molecule has 0 atom stereocenters. The Balaban J connectivity index is 2.21. The highest BCUT2D eigenvalue weighted by atomic mass is 19.4. The minimum Gasteiger partial charge on any atom is -0.372 e. The van der Waals surface area contributed by atoms with Crippen molar-refractivity contribution in [3.05, 3.63) is 29.8 Å². The molecule has 0 unspecified atom stereocenters. The van der Waals surface area contributed by atoms with E-state index in [1.807, 2.05) is 4.90 Å². The van der Waals surface area contributed by atoms with Crippen molar-refractivity contribution >= 4 is 5.69 Å². The monoisotopic (exact) mass is 229 g/mol. The van der Waals surface area contributed by atoms with Gasteiger partial charge < -0.3 is 4.90 Å². The molecule has 1 aliphatic heterocycles.